The number of sulfonamides is 1. The van der Waals surface area contributed by atoms with Gasteiger partial charge in [0.05, 0.1) is 17.6 Å². The molecule has 12 heteroatoms. The number of anilines is 2. The Labute approximate surface area is 167 Å². The lowest BCUT2D eigenvalue weighted by Gasteiger charge is -2.17. The topological polar surface area (TPSA) is 133 Å². The first-order valence-electron chi connectivity index (χ1n) is 7.86. The minimum Gasteiger partial charge on any atom is -0.506 e. The summed E-state index contributed by atoms with van der Waals surface area (Å²) in [5.41, 5.74) is 1.45. The monoisotopic (exact) mass is 445 g/mol. The molecule has 2 aromatic rings. The Kier molecular flexibility index (Phi) is 5.17. The van der Waals surface area contributed by atoms with Crippen LogP contribution in [-0.4, -0.2) is 40.6 Å². The molecule has 1 saturated heterocycles. The van der Waals surface area contributed by atoms with Crippen LogP contribution in [0.25, 0.3) is 0 Å². The van der Waals surface area contributed by atoms with E-state index in [1.54, 1.807) is 18.2 Å². The lowest BCUT2D eigenvalue weighted by molar-refractivity contribution is -0.117. The number of phenolic OH excluding ortho intramolecular Hbond substituents is 1. The molecule has 3 rings (SSSR count). The van der Waals surface area contributed by atoms with Gasteiger partial charge in [-0.15, -0.1) is 0 Å². The first-order valence-corrected chi connectivity index (χ1v) is 11.6. The quantitative estimate of drug-likeness (QED) is 0.633. The predicted octanol–water partition coefficient (Wildman–Crippen LogP) is 1.19. The fraction of sp³-hybridized carbons (Fsp3) is 0.188. The molecule has 0 radical (unpaired) electrons. The highest BCUT2D eigenvalue weighted by atomic mass is 35.5. The number of aromatic hydroxyl groups is 1. The highest BCUT2D eigenvalue weighted by molar-refractivity contribution is 7.92. The summed E-state index contributed by atoms with van der Waals surface area (Å²) in [6.45, 7) is -0.425. The number of amides is 1. The molecule has 0 saturated carbocycles. The zero-order chi connectivity index (χ0) is 20.7. The summed E-state index contributed by atoms with van der Waals surface area (Å²) in [7, 11) is -7.54. The van der Waals surface area contributed by atoms with Gasteiger partial charge in [-0.2, -0.15) is 8.42 Å². The van der Waals surface area contributed by atoms with E-state index in [4.69, 9.17) is 11.6 Å². The van der Waals surface area contributed by atoms with E-state index in [-0.39, 0.29) is 17.9 Å². The number of benzene rings is 2. The maximum atomic E-state index is 11.9. The summed E-state index contributed by atoms with van der Waals surface area (Å²) < 4.78 is 51.9. The average molecular weight is 446 g/mol. The Bertz CT molecular complexity index is 1160. The number of carbonyl (C=O) groups excluding carboxylic acids is 1. The Morgan fingerprint density at radius 3 is 2.54 bits per heavy atom. The van der Waals surface area contributed by atoms with Gasteiger partial charge in [-0.1, -0.05) is 17.7 Å². The number of hydrogen-bond acceptors (Lipinski definition) is 6. The van der Waals surface area contributed by atoms with Crippen LogP contribution in [0.3, 0.4) is 0 Å². The van der Waals surface area contributed by atoms with Crippen LogP contribution >= 0.6 is 11.6 Å². The number of carbonyl (C=O) groups is 1. The summed E-state index contributed by atoms with van der Waals surface area (Å²) in [4.78, 5) is 11.4. The van der Waals surface area contributed by atoms with E-state index >= 15 is 0 Å². The van der Waals surface area contributed by atoms with Crippen LogP contribution in [0.4, 0.5) is 11.4 Å². The molecule has 0 aromatic heterocycles. The summed E-state index contributed by atoms with van der Waals surface area (Å²) in [5.74, 6) is -1.03. The molecule has 0 spiro atoms. The highest BCUT2D eigenvalue weighted by Gasteiger charge is 2.35. The second kappa shape index (κ2) is 7.15. The minimum absolute atomic E-state index is 0.0392. The molecule has 9 nitrogen and oxygen atoms in total. The number of hydrogen-bond donors (Lipinski definition) is 3. The summed E-state index contributed by atoms with van der Waals surface area (Å²) in [6.07, 6.45) is 1.24. The van der Waals surface area contributed by atoms with Crippen molar-refractivity contribution in [2.24, 2.45) is 0 Å². The molecular weight excluding hydrogens is 430 g/mol. The first kappa shape index (κ1) is 20.2. The van der Waals surface area contributed by atoms with Crippen LogP contribution < -0.4 is 13.7 Å². The van der Waals surface area contributed by atoms with Crippen LogP contribution in [0, 0.1) is 0 Å². The molecule has 150 valence electrons. The van der Waals surface area contributed by atoms with Crippen LogP contribution in [0.1, 0.15) is 11.1 Å². The lowest BCUT2D eigenvalue weighted by Crippen LogP contribution is -2.29. The number of phenols is 1. The molecular formula is C16H16ClN3O6S2. The molecule has 3 N–H and O–H groups in total. The van der Waals surface area contributed by atoms with E-state index in [1.165, 1.54) is 18.2 Å². The van der Waals surface area contributed by atoms with Crippen molar-refractivity contribution in [1.29, 1.82) is 0 Å². The summed E-state index contributed by atoms with van der Waals surface area (Å²) in [5, 5.41) is 10.7. The van der Waals surface area contributed by atoms with Gasteiger partial charge in [0, 0.05) is 5.02 Å². The van der Waals surface area contributed by atoms with Crippen molar-refractivity contribution < 1.29 is 26.7 Å². The van der Waals surface area contributed by atoms with Gasteiger partial charge in [0.15, 0.2) is 0 Å². The Balaban J connectivity index is 1.92. The van der Waals surface area contributed by atoms with Gasteiger partial charge in [-0.3, -0.25) is 9.52 Å². The van der Waals surface area contributed by atoms with Crippen molar-refractivity contribution in [3.05, 3.63) is 52.5 Å². The molecule has 1 aliphatic heterocycles. The number of halogens is 1. The van der Waals surface area contributed by atoms with Crippen LogP contribution in [0.2, 0.25) is 5.02 Å². The van der Waals surface area contributed by atoms with Gasteiger partial charge in [0.1, 0.15) is 12.3 Å². The Hall–Kier alpha value is -2.50. The third-order valence-electron chi connectivity index (χ3n) is 3.89. The maximum Gasteiger partial charge on any atom is 0.326 e. The molecule has 0 bridgehead atoms. The van der Waals surface area contributed by atoms with Crippen molar-refractivity contribution in [1.82, 2.24) is 4.72 Å². The molecule has 1 heterocycles. The Morgan fingerprint density at radius 2 is 1.96 bits per heavy atom. The van der Waals surface area contributed by atoms with Crippen molar-refractivity contribution in [3.63, 3.8) is 0 Å². The van der Waals surface area contributed by atoms with Gasteiger partial charge in [-0.05, 0) is 47.9 Å². The number of nitrogens with zero attached hydrogens (tertiary/aromatic N) is 1. The van der Waals surface area contributed by atoms with Crippen molar-refractivity contribution in [3.8, 4) is 5.75 Å². The second-order valence-corrected chi connectivity index (χ2v) is 9.99. The third kappa shape index (κ3) is 4.49. The average Bonchev–Trinajstić information content (AvgIpc) is 2.81. The van der Waals surface area contributed by atoms with Crippen LogP contribution in [0.5, 0.6) is 5.75 Å². The van der Waals surface area contributed by atoms with Crippen molar-refractivity contribution in [2.75, 3.05) is 21.8 Å². The molecule has 0 aliphatic carbocycles. The van der Waals surface area contributed by atoms with Gasteiger partial charge >= 0.3 is 10.2 Å². The first-order chi connectivity index (χ1) is 12.9. The second-order valence-electron chi connectivity index (χ2n) is 6.21. The van der Waals surface area contributed by atoms with Gasteiger partial charge in [-0.25, -0.2) is 17.4 Å². The molecule has 0 unspecified atom stereocenters. The highest BCUT2D eigenvalue weighted by Crippen LogP contribution is 2.33. The van der Waals surface area contributed by atoms with Crippen LogP contribution in [0.15, 0.2) is 36.4 Å². The van der Waals surface area contributed by atoms with E-state index in [2.05, 4.69) is 4.72 Å². The molecule has 2 aromatic carbocycles. The van der Waals surface area contributed by atoms with E-state index in [9.17, 15) is 26.7 Å². The molecule has 1 fully saturated rings. The van der Waals surface area contributed by atoms with E-state index in [0.717, 1.165) is 10.6 Å². The maximum absolute atomic E-state index is 11.9. The molecule has 28 heavy (non-hydrogen) atoms. The molecule has 0 atom stereocenters. The van der Waals surface area contributed by atoms with Crippen LogP contribution in [-0.2, 0) is 31.4 Å². The summed E-state index contributed by atoms with van der Waals surface area (Å²) in [6, 6.07) is 8.95. The van der Waals surface area contributed by atoms with E-state index in [0.29, 0.717) is 21.8 Å². The zero-order valence-corrected chi connectivity index (χ0v) is 16.9. The molecule has 1 aliphatic rings. The Morgan fingerprint density at radius 1 is 1.25 bits per heavy atom. The number of rotatable bonds is 5. The smallest absolute Gasteiger partial charge is 0.326 e. The normalized spacial score (nSPS) is 16.1. The van der Waals surface area contributed by atoms with Crippen molar-refractivity contribution in [2.45, 2.75) is 6.42 Å². The SMILES string of the molecule is CS(=O)(=O)Nc1ccc(Cl)cc1Cc1ccc(N2CC(=O)NS2(=O)=O)c(O)c1. The van der Waals surface area contributed by atoms with Gasteiger partial charge in [0.2, 0.25) is 10.0 Å². The lowest BCUT2D eigenvalue weighted by atomic mass is 10.0. The fourth-order valence-electron chi connectivity index (χ4n) is 2.78. The zero-order valence-electron chi connectivity index (χ0n) is 14.5. The third-order valence-corrected chi connectivity index (χ3v) is 6.10. The largest absolute Gasteiger partial charge is 0.506 e. The number of nitrogens with one attached hydrogen (secondary N) is 2. The fourth-order valence-corrected chi connectivity index (χ4v) is 4.74. The van der Waals surface area contributed by atoms with E-state index < -0.39 is 32.7 Å². The predicted molar refractivity (Wildman–Crippen MR) is 105 cm³/mol. The van der Waals surface area contributed by atoms with E-state index in [1.807, 2.05) is 4.72 Å². The molecule has 1 amide bonds. The van der Waals surface area contributed by atoms with Gasteiger partial charge in [0.25, 0.3) is 5.91 Å². The minimum atomic E-state index is -4.04. The van der Waals surface area contributed by atoms with Crippen molar-refractivity contribution >= 4 is 49.1 Å². The summed E-state index contributed by atoms with van der Waals surface area (Å²) >= 11 is 6.00. The van der Waals surface area contributed by atoms with Gasteiger partial charge < -0.3 is 5.11 Å². The standard InChI is InChI=1S/C16H16ClN3O6S2/c1-27(23,24)18-13-4-3-12(17)8-11(13)6-10-2-5-14(15(21)7-10)20-9-16(22)19-28(20,25)26/h2-5,7-8,18,21H,6,9H2,1H3,(H,19,22).